The van der Waals surface area contributed by atoms with Crippen molar-refractivity contribution < 1.29 is 9.53 Å². The number of amides is 1. The fourth-order valence-electron chi connectivity index (χ4n) is 4.13. The van der Waals surface area contributed by atoms with Gasteiger partial charge in [-0.1, -0.05) is 30.3 Å². The topological polar surface area (TPSA) is 61.5 Å². The summed E-state index contributed by atoms with van der Waals surface area (Å²) in [7, 11) is 0. The Morgan fingerprint density at radius 1 is 1.23 bits per heavy atom. The maximum Gasteiger partial charge on any atom is 0.227 e. The lowest BCUT2D eigenvalue weighted by Crippen LogP contribution is -2.60. The Bertz CT molecular complexity index is 754. The van der Waals surface area contributed by atoms with Crippen molar-refractivity contribution in [3.8, 4) is 0 Å². The fourth-order valence-corrected chi connectivity index (χ4v) is 4.13. The maximum absolute atomic E-state index is 12.8. The van der Waals surface area contributed by atoms with Gasteiger partial charge in [0.05, 0.1) is 37.4 Å². The molecule has 2 saturated heterocycles. The van der Waals surface area contributed by atoms with Crippen LogP contribution in [0.4, 0.5) is 0 Å². The monoisotopic (exact) mass is 354 g/mol. The van der Waals surface area contributed by atoms with Gasteiger partial charge in [-0.15, -0.1) is 0 Å². The number of aromatic nitrogens is 2. The number of fused-ring (bicyclic) bond motifs is 1. The lowest BCUT2D eigenvalue weighted by atomic mass is 10.00. The first-order valence-electron chi connectivity index (χ1n) is 9.30. The van der Waals surface area contributed by atoms with E-state index in [2.05, 4.69) is 39.4 Å². The second kappa shape index (κ2) is 7.21. The molecule has 2 aliphatic rings. The summed E-state index contributed by atoms with van der Waals surface area (Å²) in [4.78, 5) is 17.3. The van der Waals surface area contributed by atoms with E-state index in [0.717, 1.165) is 43.2 Å². The van der Waals surface area contributed by atoms with Crippen molar-refractivity contribution >= 4 is 5.91 Å². The van der Waals surface area contributed by atoms with E-state index in [1.807, 2.05) is 24.8 Å². The third-order valence-corrected chi connectivity index (χ3v) is 5.66. The van der Waals surface area contributed by atoms with Crippen molar-refractivity contribution in [2.45, 2.75) is 32.4 Å². The van der Waals surface area contributed by atoms with Gasteiger partial charge in [-0.25, -0.2) is 0 Å². The van der Waals surface area contributed by atoms with Crippen LogP contribution in [-0.2, 0) is 16.0 Å². The molecule has 0 radical (unpaired) electrons. The van der Waals surface area contributed by atoms with Crippen LogP contribution in [-0.4, -0.2) is 64.8 Å². The molecule has 0 saturated carbocycles. The van der Waals surface area contributed by atoms with Gasteiger partial charge < -0.3 is 9.64 Å². The first-order valence-corrected chi connectivity index (χ1v) is 9.30. The Balaban J connectivity index is 1.44. The average molecular weight is 354 g/mol. The van der Waals surface area contributed by atoms with Gasteiger partial charge in [-0.2, -0.15) is 5.10 Å². The lowest BCUT2D eigenvalue weighted by molar-refractivity contribution is -0.139. The van der Waals surface area contributed by atoms with Gasteiger partial charge in [0, 0.05) is 30.9 Å². The molecule has 6 heteroatoms. The minimum Gasteiger partial charge on any atom is -0.378 e. The normalized spacial score (nSPS) is 23.7. The van der Waals surface area contributed by atoms with E-state index in [1.165, 1.54) is 5.56 Å². The zero-order valence-electron chi connectivity index (χ0n) is 15.4. The number of carbonyl (C=O) groups excluding carboxylic acids is 1. The number of nitrogens with one attached hydrogen (secondary N) is 1. The zero-order chi connectivity index (χ0) is 18.1. The summed E-state index contributed by atoms with van der Waals surface area (Å²) in [6.07, 6.45) is 0.420. The Kier molecular flexibility index (Phi) is 4.78. The van der Waals surface area contributed by atoms with Gasteiger partial charge in [-0.3, -0.25) is 14.8 Å². The summed E-state index contributed by atoms with van der Waals surface area (Å²) < 4.78 is 5.88. The number of hydrogen-bond donors (Lipinski definition) is 1. The second-order valence-electron chi connectivity index (χ2n) is 7.28. The third kappa shape index (κ3) is 3.27. The minimum absolute atomic E-state index is 0.180. The molecule has 0 unspecified atom stereocenters. The molecule has 26 heavy (non-hydrogen) atoms. The van der Waals surface area contributed by atoms with Crippen LogP contribution in [0.25, 0.3) is 0 Å². The molecule has 1 amide bonds. The van der Waals surface area contributed by atoms with Crippen molar-refractivity contribution in [1.82, 2.24) is 20.0 Å². The van der Waals surface area contributed by atoms with Gasteiger partial charge in [0.1, 0.15) is 0 Å². The molecule has 2 atom stereocenters. The summed E-state index contributed by atoms with van der Waals surface area (Å²) >= 11 is 0. The Morgan fingerprint density at radius 2 is 2.04 bits per heavy atom. The van der Waals surface area contributed by atoms with Crippen LogP contribution in [0, 0.1) is 13.8 Å². The molecule has 2 fully saturated rings. The van der Waals surface area contributed by atoms with E-state index < -0.39 is 0 Å². The number of carbonyl (C=O) groups is 1. The predicted octanol–water partition coefficient (Wildman–Crippen LogP) is 1.85. The number of ether oxygens (including phenoxy) is 1. The van der Waals surface area contributed by atoms with E-state index in [-0.39, 0.29) is 18.0 Å². The molecule has 4 rings (SSSR count). The Hall–Kier alpha value is -2.18. The van der Waals surface area contributed by atoms with Gasteiger partial charge in [-0.05, 0) is 19.4 Å². The SMILES string of the molecule is Cc1n[nH]c(C)c1CC(=O)N1CCN2[C@@H](COC[C@@H]2c2ccccc2)C1. The van der Waals surface area contributed by atoms with Gasteiger partial charge in [0.25, 0.3) is 0 Å². The number of piperazine rings is 1. The first kappa shape index (κ1) is 17.2. The van der Waals surface area contributed by atoms with Crippen LogP contribution in [0.3, 0.4) is 0 Å². The maximum atomic E-state index is 12.8. The number of hydrogen-bond acceptors (Lipinski definition) is 4. The summed E-state index contributed by atoms with van der Waals surface area (Å²) in [5, 5.41) is 7.16. The van der Waals surface area contributed by atoms with E-state index in [0.29, 0.717) is 13.0 Å². The number of H-pyrrole nitrogens is 1. The van der Waals surface area contributed by atoms with E-state index in [9.17, 15) is 4.79 Å². The van der Waals surface area contributed by atoms with E-state index >= 15 is 0 Å². The van der Waals surface area contributed by atoms with E-state index in [4.69, 9.17) is 4.74 Å². The van der Waals surface area contributed by atoms with E-state index in [1.54, 1.807) is 0 Å². The molecular weight excluding hydrogens is 328 g/mol. The summed E-state index contributed by atoms with van der Waals surface area (Å²) in [6, 6.07) is 11.1. The second-order valence-corrected chi connectivity index (χ2v) is 7.28. The summed E-state index contributed by atoms with van der Waals surface area (Å²) in [6.45, 7) is 7.73. The molecule has 6 nitrogen and oxygen atoms in total. The molecule has 138 valence electrons. The molecule has 3 heterocycles. The molecule has 2 aliphatic heterocycles. The zero-order valence-corrected chi connectivity index (χ0v) is 15.4. The molecule has 1 aromatic carbocycles. The van der Waals surface area contributed by atoms with Crippen LogP contribution < -0.4 is 0 Å². The molecule has 0 aliphatic carbocycles. The molecule has 0 spiro atoms. The number of rotatable bonds is 3. The van der Waals surface area contributed by atoms with Crippen molar-refractivity contribution in [1.29, 1.82) is 0 Å². The highest BCUT2D eigenvalue weighted by atomic mass is 16.5. The Labute approximate surface area is 154 Å². The number of benzene rings is 1. The molecular formula is C20H26N4O2. The first-order chi connectivity index (χ1) is 12.6. The third-order valence-electron chi connectivity index (χ3n) is 5.66. The van der Waals surface area contributed by atoms with Gasteiger partial charge in [0.2, 0.25) is 5.91 Å². The Morgan fingerprint density at radius 3 is 2.77 bits per heavy atom. The number of aryl methyl sites for hydroxylation is 2. The smallest absolute Gasteiger partial charge is 0.227 e. The number of nitrogens with zero attached hydrogens (tertiary/aromatic N) is 3. The van der Waals surface area contributed by atoms with Crippen LogP contribution in [0.15, 0.2) is 30.3 Å². The van der Waals surface area contributed by atoms with Crippen molar-refractivity contribution in [3.63, 3.8) is 0 Å². The van der Waals surface area contributed by atoms with Crippen LogP contribution in [0.5, 0.6) is 0 Å². The lowest BCUT2D eigenvalue weighted by Gasteiger charge is -2.48. The standard InChI is InChI=1S/C20H26N4O2/c1-14-18(15(2)22-21-14)10-20(25)23-8-9-24-17(11-23)12-26-13-19(24)16-6-4-3-5-7-16/h3-7,17,19H,8-13H2,1-2H3,(H,21,22)/t17-,19-/m1/s1. The van der Waals surface area contributed by atoms with Gasteiger partial charge >= 0.3 is 0 Å². The minimum atomic E-state index is 0.180. The molecule has 1 aromatic heterocycles. The highest BCUT2D eigenvalue weighted by molar-refractivity contribution is 5.79. The summed E-state index contributed by atoms with van der Waals surface area (Å²) in [5.41, 5.74) is 4.22. The quantitative estimate of drug-likeness (QED) is 0.914. The summed E-state index contributed by atoms with van der Waals surface area (Å²) in [5.74, 6) is 0.180. The number of aromatic amines is 1. The van der Waals surface area contributed by atoms with Crippen LogP contribution in [0.2, 0.25) is 0 Å². The predicted molar refractivity (Wildman–Crippen MR) is 98.8 cm³/mol. The molecule has 1 N–H and O–H groups in total. The van der Waals surface area contributed by atoms with Gasteiger partial charge in [0.15, 0.2) is 0 Å². The highest BCUT2D eigenvalue weighted by Gasteiger charge is 2.37. The highest BCUT2D eigenvalue weighted by Crippen LogP contribution is 2.29. The van der Waals surface area contributed by atoms with Crippen molar-refractivity contribution in [3.05, 3.63) is 52.8 Å². The molecule has 0 bridgehead atoms. The van der Waals surface area contributed by atoms with Crippen LogP contribution >= 0.6 is 0 Å². The fraction of sp³-hybridized carbons (Fsp3) is 0.500. The largest absolute Gasteiger partial charge is 0.378 e. The molecule has 2 aromatic rings. The average Bonchev–Trinajstić information content (AvgIpc) is 2.99. The number of morpholine rings is 1. The van der Waals surface area contributed by atoms with Crippen LogP contribution in [0.1, 0.15) is 28.6 Å². The van der Waals surface area contributed by atoms with Crippen molar-refractivity contribution in [2.75, 3.05) is 32.8 Å². The van der Waals surface area contributed by atoms with Crippen molar-refractivity contribution in [2.24, 2.45) is 0 Å².